The third-order valence-electron chi connectivity index (χ3n) is 5.10. The van der Waals surface area contributed by atoms with Crippen molar-refractivity contribution in [2.75, 3.05) is 13.1 Å². The number of halogens is 3. The summed E-state index contributed by atoms with van der Waals surface area (Å²) >= 11 is 0. The van der Waals surface area contributed by atoms with Crippen molar-refractivity contribution >= 4 is 5.97 Å². The molecule has 0 unspecified atom stereocenters. The van der Waals surface area contributed by atoms with Gasteiger partial charge in [-0.1, -0.05) is 5.21 Å². The number of hydrogen-bond donors (Lipinski definition) is 2. The Morgan fingerprint density at radius 2 is 1.71 bits per heavy atom. The number of carboxylic acid groups (broad SMARTS) is 1. The molecule has 12 heteroatoms. The molecule has 0 bridgehead atoms. The number of rotatable bonds is 5. The van der Waals surface area contributed by atoms with Crippen LogP contribution in [0.15, 0.2) is 6.20 Å². The van der Waals surface area contributed by atoms with E-state index in [-0.39, 0.29) is 6.61 Å². The second-order valence-electron chi connectivity index (χ2n) is 7.54. The molecule has 0 aromatic carbocycles. The van der Waals surface area contributed by atoms with Gasteiger partial charge in [0.05, 0.1) is 35.6 Å². The minimum Gasteiger partial charge on any atom is -0.475 e. The molecule has 31 heavy (non-hydrogen) atoms. The van der Waals surface area contributed by atoms with E-state index in [2.05, 4.69) is 20.2 Å². The van der Waals surface area contributed by atoms with Crippen LogP contribution in [-0.4, -0.2) is 65.3 Å². The zero-order chi connectivity index (χ0) is 23.2. The van der Waals surface area contributed by atoms with Crippen molar-refractivity contribution in [1.29, 1.82) is 0 Å². The maximum Gasteiger partial charge on any atom is 0.490 e. The molecule has 2 aromatic rings. The molecule has 1 aliphatic rings. The zero-order valence-corrected chi connectivity index (χ0v) is 17.7. The number of aliphatic hydroxyl groups excluding tert-OH is 1. The van der Waals surface area contributed by atoms with Crippen molar-refractivity contribution in [3.8, 4) is 0 Å². The highest BCUT2D eigenvalue weighted by molar-refractivity contribution is 5.73. The molecule has 1 aliphatic heterocycles. The van der Waals surface area contributed by atoms with E-state index >= 15 is 0 Å². The second-order valence-corrected chi connectivity index (χ2v) is 7.54. The van der Waals surface area contributed by atoms with Crippen LogP contribution in [-0.2, 0) is 24.5 Å². The average Bonchev–Trinajstić information content (AvgIpc) is 3.15. The molecule has 0 atom stereocenters. The fourth-order valence-corrected chi connectivity index (χ4v) is 3.21. The maximum atomic E-state index is 10.6. The van der Waals surface area contributed by atoms with Gasteiger partial charge in [-0.2, -0.15) is 13.2 Å². The predicted octanol–water partition coefficient (Wildman–Crippen LogP) is 2.03. The molecule has 2 N–H and O–H groups in total. The van der Waals surface area contributed by atoms with E-state index in [1.54, 1.807) is 0 Å². The van der Waals surface area contributed by atoms with Gasteiger partial charge in [0.2, 0.25) is 0 Å². The van der Waals surface area contributed by atoms with Gasteiger partial charge in [-0.15, -0.1) is 5.10 Å². The number of aryl methyl sites for hydroxylation is 3. The fourth-order valence-electron chi connectivity index (χ4n) is 3.21. The van der Waals surface area contributed by atoms with Gasteiger partial charge < -0.3 is 10.2 Å². The number of piperidine rings is 1. The third kappa shape index (κ3) is 7.55. The molecule has 3 rings (SSSR count). The molecular weight excluding hydrogens is 417 g/mol. The number of aromatic nitrogens is 5. The van der Waals surface area contributed by atoms with Gasteiger partial charge in [0, 0.05) is 13.1 Å². The Kier molecular flexibility index (Phi) is 8.45. The largest absolute Gasteiger partial charge is 0.490 e. The zero-order valence-electron chi connectivity index (χ0n) is 17.7. The topological polar surface area (TPSA) is 117 Å². The van der Waals surface area contributed by atoms with Gasteiger partial charge in [0.15, 0.2) is 0 Å². The van der Waals surface area contributed by atoms with Gasteiger partial charge in [0.25, 0.3) is 0 Å². The number of aliphatic carboxylic acids is 1. The van der Waals surface area contributed by atoms with Crippen LogP contribution in [0.3, 0.4) is 0 Å². The van der Waals surface area contributed by atoms with Crippen molar-refractivity contribution in [3.05, 3.63) is 34.7 Å². The van der Waals surface area contributed by atoms with E-state index in [0.717, 1.165) is 61.8 Å². The first-order chi connectivity index (χ1) is 14.5. The molecule has 1 saturated heterocycles. The Bertz CT molecular complexity index is 879. The summed E-state index contributed by atoms with van der Waals surface area (Å²) < 4.78 is 33.6. The van der Waals surface area contributed by atoms with E-state index in [4.69, 9.17) is 20.0 Å². The quantitative estimate of drug-likeness (QED) is 0.720. The van der Waals surface area contributed by atoms with Crippen molar-refractivity contribution in [1.82, 2.24) is 29.9 Å². The molecular formula is C19H27F3N6O3. The van der Waals surface area contributed by atoms with Crippen molar-refractivity contribution < 1.29 is 28.2 Å². The van der Waals surface area contributed by atoms with Crippen LogP contribution >= 0.6 is 0 Å². The van der Waals surface area contributed by atoms with Crippen LogP contribution in [0.1, 0.15) is 41.3 Å². The van der Waals surface area contributed by atoms with Crippen LogP contribution < -0.4 is 0 Å². The number of carboxylic acids is 1. The average molecular weight is 444 g/mol. The Balaban J connectivity index is 0.000000423. The Morgan fingerprint density at radius 3 is 2.23 bits per heavy atom. The number of aliphatic hydroxyl groups is 1. The van der Waals surface area contributed by atoms with E-state index in [1.807, 2.05) is 31.6 Å². The van der Waals surface area contributed by atoms with Gasteiger partial charge in [0.1, 0.15) is 5.69 Å². The molecule has 0 saturated carbocycles. The van der Waals surface area contributed by atoms with E-state index in [0.29, 0.717) is 11.6 Å². The number of hydrogen-bond acceptors (Lipinski definition) is 7. The predicted molar refractivity (Wildman–Crippen MR) is 104 cm³/mol. The van der Waals surface area contributed by atoms with Crippen molar-refractivity contribution in [3.63, 3.8) is 0 Å². The lowest BCUT2D eigenvalue weighted by Crippen LogP contribution is -2.35. The summed E-state index contributed by atoms with van der Waals surface area (Å²) in [7, 11) is 0. The standard InChI is InChI=1S/C17H26N6O.C2HF3O2/c1-12-13(2)19-17(14(3)18-12)10-22-6-4-15(5-7-22)8-23-9-16(11-24)20-21-23;3-2(4,5)1(6)7/h9,15,24H,4-8,10-11H2,1-3H3;(H,6,7). The van der Waals surface area contributed by atoms with Gasteiger partial charge in [-0.25, -0.2) is 4.79 Å². The number of carbonyl (C=O) groups is 1. The molecule has 3 heterocycles. The van der Waals surface area contributed by atoms with Gasteiger partial charge >= 0.3 is 12.1 Å². The van der Waals surface area contributed by atoms with Crippen LogP contribution in [0, 0.1) is 26.7 Å². The minimum atomic E-state index is -5.08. The monoisotopic (exact) mass is 444 g/mol. The number of alkyl halides is 3. The second kappa shape index (κ2) is 10.6. The highest BCUT2D eigenvalue weighted by Gasteiger charge is 2.38. The van der Waals surface area contributed by atoms with E-state index in [1.165, 1.54) is 0 Å². The SMILES string of the molecule is Cc1nc(C)c(CN2CCC(Cn3cc(CO)nn3)CC2)nc1C.O=C(O)C(F)(F)F. The first kappa shape index (κ1) is 24.7. The molecule has 9 nitrogen and oxygen atoms in total. The highest BCUT2D eigenvalue weighted by atomic mass is 19.4. The Morgan fingerprint density at radius 1 is 1.13 bits per heavy atom. The summed E-state index contributed by atoms with van der Waals surface area (Å²) in [6.07, 6.45) is -0.961. The minimum absolute atomic E-state index is 0.0468. The van der Waals surface area contributed by atoms with Crippen molar-refractivity contribution in [2.45, 2.75) is 59.5 Å². The molecule has 2 aromatic heterocycles. The number of likely N-dealkylation sites (tertiary alicyclic amines) is 1. The normalized spacial score (nSPS) is 15.5. The molecule has 0 amide bonds. The summed E-state index contributed by atoms with van der Waals surface area (Å²) in [6, 6.07) is 0. The summed E-state index contributed by atoms with van der Waals surface area (Å²) in [5, 5.41) is 24.2. The lowest BCUT2D eigenvalue weighted by molar-refractivity contribution is -0.192. The fraction of sp³-hybridized carbons (Fsp3) is 0.632. The third-order valence-corrected chi connectivity index (χ3v) is 5.10. The summed E-state index contributed by atoms with van der Waals surface area (Å²) in [4.78, 5) is 20.7. The van der Waals surface area contributed by atoms with Gasteiger partial charge in [-0.05, 0) is 52.6 Å². The molecule has 0 aliphatic carbocycles. The summed E-state index contributed by atoms with van der Waals surface area (Å²) in [5.74, 6) is -2.14. The first-order valence-electron chi connectivity index (χ1n) is 9.82. The molecule has 0 spiro atoms. The van der Waals surface area contributed by atoms with E-state index in [9.17, 15) is 13.2 Å². The first-order valence-corrected chi connectivity index (χ1v) is 9.82. The van der Waals surface area contributed by atoms with E-state index < -0.39 is 12.1 Å². The summed E-state index contributed by atoms with van der Waals surface area (Å²) in [6.45, 7) is 9.93. The smallest absolute Gasteiger partial charge is 0.475 e. The van der Waals surface area contributed by atoms with Crippen LogP contribution in [0.25, 0.3) is 0 Å². The van der Waals surface area contributed by atoms with Crippen LogP contribution in [0.2, 0.25) is 0 Å². The lowest BCUT2D eigenvalue weighted by Gasteiger charge is -2.31. The highest BCUT2D eigenvalue weighted by Crippen LogP contribution is 2.21. The molecule has 0 radical (unpaired) electrons. The van der Waals surface area contributed by atoms with Crippen LogP contribution in [0.5, 0.6) is 0 Å². The molecule has 172 valence electrons. The summed E-state index contributed by atoms with van der Waals surface area (Å²) in [5.41, 5.74) is 4.82. The maximum absolute atomic E-state index is 10.6. The van der Waals surface area contributed by atoms with Crippen LogP contribution in [0.4, 0.5) is 13.2 Å². The van der Waals surface area contributed by atoms with Gasteiger partial charge in [-0.3, -0.25) is 19.5 Å². The van der Waals surface area contributed by atoms with Crippen molar-refractivity contribution in [2.24, 2.45) is 5.92 Å². The lowest BCUT2D eigenvalue weighted by atomic mass is 9.96. The number of nitrogens with zero attached hydrogens (tertiary/aromatic N) is 6. The Labute approximate surface area is 177 Å². The molecule has 1 fully saturated rings. The Hall–Kier alpha value is -2.60.